The molecule has 0 unspecified atom stereocenters. The minimum Gasteiger partial charge on any atom is -0.323 e. The van der Waals surface area contributed by atoms with Crippen molar-refractivity contribution in [3.05, 3.63) is 39.9 Å². The number of hydrogen-bond donors (Lipinski definition) is 1. The van der Waals surface area contributed by atoms with E-state index in [-0.39, 0.29) is 18.2 Å². The molecule has 5 heteroatoms. The molecule has 2 N–H and O–H groups in total. The van der Waals surface area contributed by atoms with Crippen molar-refractivity contribution in [2.24, 2.45) is 5.73 Å². The minimum absolute atomic E-state index is 0.0258. The maximum atomic E-state index is 10.3. The van der Waals surface area contributed by atoms with Gasteiger partial charge in [-0.25, -0.2) is 0 Å². The van der Waals surface area contributed by atoms with E-state index in [0.717, 1.165) is 5.56 Å². The van der Waals surface area contributed by atoms with Crippen LogP contribution >= 0.6 is 0 Å². The lowest BCUT2D eigenvalue weighted by molar-refractivity contribution is -0.384. The number of nitrogens with two attached hydrogens (primary N) is 1. The Morgan fingerprint density at radius 3 is 2.50 bits per heavy atom. The number of non-ortho nitro benzene ring substituents is 1. The molecular formula is C9H9N3O2. The lowest BCUT2D eigenvalue weighted by Crippen LogP contribution is -2.08. The van der Waals surface area contributed by atoms with E-state index in [2.05, 4.69) is 0 Å². The van der Waals surface area contributed by atoms with Crippen molar-refractivity contribution in [2.45, 2.75) is 12.5 Å². The van der Waals surface area contributed by atoms with Crippen LogP contribution in [-0.2, 0) is 0 Å². The largest absolute Gasteiger partial charge is 0.323 e. The van der Waals surface area contributed by atoms with Gasteiger partial charge in [-0.05, 0) is 5.56 Å². The highest BCUT2D eigenvalue weighted by molar-refractivity contribution is 5.34. The maximum absolute atomic E-state index is 10.3. The Bertz CT molecular complexity index is 367. The minimum atomic E-state index is -0.473. The summed E-state index contributed by atoms with van der Waals surface area (Å²) >= 11 is 0. The van der Waals surface area contributed by atoms with Crippen molar-refractivity contribution >= 4 is 5.69 Å². The van der Waals surface area contributed by atoms with Crippen molar-refractivity contribution in [1.29, 1.82) is 5.26 Å². The monoisotopic (exact) mass is 191 g/mol. The Hall–Kier alpha value is -1.93. The van der Waals surface area contributed by atoms with Crippen LogP contribution in [0.1, 0.15) is 18.0 Å². The van der Waals surface area contributed by atoms with Gasteiger partial charge in [0.25, 0.3) is 5.69 Å². The van der Waals surface area contributed by atoms with Crippen LogP contribution in [0.4, 0.5) is 5.69 Å². The summed E-state index contributed by atoms with van der Waals surface area (Å²) in [7, 11) is 0. The van der Waals surface area contributed by atoms with Crippen molar-refractivity contribution in [1.82, 2.24) is 0 Å². The number of hydrogen-bond acceptors (Lipinski definition) is 4. The van der Waals surface area contributed by atoms with Gasteiger partial charge >= 0.3 is 0 Å². The van der Waals surface area contributed by atoms with Gasteiger partial charge in [0, 0.05) is 18.2 Å². The average Bonchev–Trinajstić information content (AvgIpc) is 2.18. The molecule has 0 aliphatic heterocycles. The van der Waals surface area contributed by atoms with E-state index in [1.54, 1.807) is 12.1 Å². The van der Waals surface area contributed by atoms with Gasteiger partial charge in [0.05, 0.1) is 17.4 Å². The molecule has 0 aliphatic rings. The molecule has 1 rings (SSSR count). The maximum Gasteiger partial charge on any atom is 0.269 e. The second-order valence-corrected chi connectivity index (χ2v) is 2.82. The fourth-order valence-electron chi connectivity index (χ4n) is 1.06. The summed E-state index contributed by atoms with van der Waals surface area (Å²) < 4.78 is 0. The quantitative estimate of drug-likeness (QED) is 0.578. The van der Waals surface area contributed by atoms with Crippen molar-refractivity contribution < 1.29 is 4.92 Å². The van der Waals surface area contributed by atoms with Crippen LogP contribution in [-0.4, -0.2) is 4.92 Å². The first kappa shape index (κ1) is 10.2. The fraction of sp³-hybridized carbons (Fsp3) is 0.222. The second kappa shape index (κ2) is 4.35. The molecule has 0 spiro atoms. The predicted molar refractivity (Wildman–Crippen MR) is 50.3 cm³/mol. The van der Waals surface area contributed by atoms with Gasteiger partial charge in [0.1, 0.15) is 0 Å². The summed E-state index contributed by atoms with van der Waals surface area (Å²) in [6.07, 6.45) is 0.206. The van der Waals surface area contributed by atoms with Gasteiger partial charge in [-0.1, -0.05) is 12.1 Å². The van der Waals surface area contributed by atoms with E-state index in [1.807, 2.05) is 6.07 Å². The van der Waals surface area contributed by atoms with Crippen LogP contribution in [0.3, 0.4) is 0 Å². The molecule has 0 bridgehead atoms. The summed E-state index contributed by atoms with van der Waals surface area (Å²) in [6.45, 7) is 0. The van der Waals surface area contributed by atoms with E-state index < -0.39 is 4.92 Å². The topological polar surface area (TPSA) is 93.0 Å². The zero-order valence-corrected chi connectivity index (χ0v) is 7.38. The lowest BCUT2D eigenvalue weighted by atomic mass is 10.1. The van der Waals surface area contributed by atoms with E-state index in [9.17, 15) is 10.1 Å². The molecule has 1 aromatic rings. The highest BCUT2D eigenvalue weighted by Crippen LogP contribution is 2.17. The summed E-state index contributed by atoms with van der Waals surface area (Å²) in [5.41, 5.74) is 6.40. The van der Waals surface area contributed by atoms with Gasteiger partial charge in [0.2, 0.25) is 0 Å². The van der Waals surface area contributed by atoms with E-state index in [4.69, 9.17) is 11.0 Å². The number of nitriles is 1. The van der Waals surface area contributed by atoms with Crippen LogP contribution in [0.25, 0.3) is 0 Å². The fourth-order valence-corrected chi connectivity index (χ4v) is 1.06. The Morgan fingerprint density at radius 1 is 1.50 bits per heavy atom. The normalized spacial score (nSPS) is 11.7. The summed E-state index contributed by atoms with van der Waals surface area (Å²) in [6, 6.07) is 7.47. The first-order valence-electron chi connectivity index (χ1n) is 4.02. The Balaban J connectivity index is 2.84. The number of rotatable bonds is 3. The molecule has 1 aromatic carbocycles. The first-order chi connectivity index (χ1) is 6.65. The summed E-state index contributed by atoms with van der Waals surface area (Å²) in [5, 5.41) is 18.7. The zero-order chi connectivity index (χ0) is 10.6. The molecule has 72 valence electrons. The molecule has 0 aliphatic carbocycles. The molecule has 0 saturated heterocycles. The Morgan fingerprint density at radius 2 is 2.07 bits per heavy atom. The van der Waals surface area contributed by atoms with Gasteiger partial charge in [-0.15, -0.1) is 0 Å². The van der Waals surface area contributed by atoms with Crippen molar-refractivity contribution in [3.63, 3.8) is 0 Å². The van der Waals surface area contributed by atoms with Crippen LogP contribution in [0.15, 0.2) is 24.3 Å². The van der Waals surface area contributed by atoms with Crippen molar-refractivity contribution in [2.75, 3.05) is 0 Å². The molecular weight excluding hydrogens is 182 g/mol. The van der Waals surface area contributed by atoms with Gasteiger partial charge < -0.3 is 5.73 Å². The highest BCUT2D eigenvalue weighted by atomic mass is 16.6. The van der Waals surface area contributed by atoms with Crippen LogP contribution in [0.5, 0.6) is 0 Å². The number of benzene rings is 1. The third-order valence-electron chi connectivity index (χ3n) is 1.84. The molecule has 14 heavy (non-hydrogen) atoms. The molecule has 0 radical (unpaired) electrons. The van der Waals surface area contributed by atoms with E-state index >= 15 is 0 Å². The average molecular weight is 191 g/mol. The predicted octanol–water partition coefficient (Wildman–Crippen LogP) is 1.51. The number of nitro groups is 1. The lowest BCUT2D eigenvalue weighted by Gasteiger charge is -2.06. The van der Waals surface area contributed by atoms with Gasteiger partial charge in [-0.2, -0.15) is 5.26 Å². The van der Waals surface area contributed by atoms with Gasteiger partial charge in [-0.3, -0.25) is 10.1 Å². The smallest absolute Gasteiger partial charge is 0.269 e. The molecule has 1 atom stereocenters. The number of nitro benzene ring substituents is 1. The molecule has 0 saturated carbocycles. The molecule has 0 aromatic heterocycles. The SMILES string of the molecule is N#CC[C@H](N)c1ccc([N+](=O)[O-])cc1. The number of nitrogens with zero attached hydrogens (tertiary/aromatic N) is 2. The molecule has 0 amide bonds. The second-order valence-electron chi connectivity index (χ2n) is 2.82. The first-order valence-corrected chi connectivity index (χ1v) is 4.02. The summed E-state index contributed by atoms with van der Waals surface area (Å²) in [4.78, 5) is 9.86. The molecule has 0 fully saturated rings. The Labute approximate surface area is 80.9 Å². The van der Waals surface area contributed by atoms with E-state index in [0.29, 0.717) is 0 Å². The van der Waals surface area contributed by atoms with Gasteiger partial charge in [0.15, 0.2) is 0 Å². The van der Waals surface area contributed by atoms with Crippen LogP contribution in [0, 0.1) is 21.4 Å². The molecule has 5 nitrogen and oxygen atoms in total. The van der Waals surface area contributed by atoms with Crippen LogP contribution < -0.4 is 5.73 Å². The van der Waals surface area contributed by atoms with Crippen molar-refractivity contribution in [3.8, 4) is 6.07 Å². The summed E-state index contributed by atoms with van der Waals surface area (Å²) in [5.74, 6) is 0. The standard InChI is InChI=1S/C9H9N3O2/c10-6-5-9(11)7-1-3-8(4-2-7)12(13)14/h1-4,9H,5,11H2/t9-/m0/s1. The zero-order valence-electron chi connectivity index (χ0n) is 7.38. The van der Waals surface area contributed by atoms with E-state index in [1.165, 1.54) is 12.1 Å². The van der Waals surface area contributed by atoms with Crippen LogP contribution in [0.2, 0.25) is 0 Å². The third-order valence-corrected chi connectivity index (χ3v) is 1.84. The molecule has 0 heterocycles. The Kier molecular flexibility index (Phi) is 3.15. The highest BCUT2D eigenvalue weighted by Gasteiger charge is 2.08. The third kappa shape index (κ3) is 2.28.